The molecule has 4 nitrogen and oxygen atoms in total. The van der Waals surface area contributed by atoms with E-state index in [1.165, 1.54) is 0 Å². The Morgan fingerprint density at radius 1 is 1.20 bits per heavy atom. The summed E-state index contributed by atoms with van der Waals surface area (Å²) >= 11 is 6.78. The highest BCUT2D eigenvalue weighted by atomic mass is 79.9. The molecule has 0 heterocycles. The Kier molecular flexibility index (Phi) is 4.17. The van der Waals surface area contributed by atoms with Crippen LogP contribution in [-0.4, -0.2) is 31.8 Å². The van der Waals surface area contributed by atoms with Gasteiger partial charge in [0.15, 0.2) is 0 Å². The number of hydrogen-bond acceptors (Lipinski definition) is 2. The number of alkyl halides is 2. The summed E-state index contributed by atoms with van der Waals surface area (Å²) in [6.07, 6.45) is 0.340. The van der Waals surface area contributed by atoms with Gasteiger partial charge in [-0.1, -0.05) is 38.8 Å². The van der Waals surface area contributed by atoms with Gasteiger partial charge in [0.25, 0.3) is 0 Å². The van der Waals surface area contributed by atoms with Crippen molar-refractivity contribution >= 4 is 43.8 Å². The third kappa shape index (κ3) is 2.53. The topological polar surface area (TPSA) is 74.6 Å². The van der Waals surface area contributed by atoms with E-state index in [1.54, 1.807) is 6.92 Å². The first-order valence-corrected chi connectivity index (χ1v) is 6.43. The first-order chi connectivity index (χ1) is 6.86. The molecule has 1 fully saturated rings. The van der Waals surface area contributed by atoms with Crippen molar-refractivity contribution in [1.29, 1.82) is 0 Å². The van der Waals surface area contributed by atoms with Crippen LogP contribution in [0.4, 0.5) is 0 Å². The van der Waals surface area contributed by atoms with Crippen molar-refractivity contribution in [2.45, 2.75) is 23.0 Å². The molecule has 1 aliphatic rings. The van der Waals surface area contributed by atoms with Gasteiger partial charge in [0.2, 0.25) is 0 Å². The molecule has 0 aromatic heterocycles. The molecule has 2 N–H and O–H groups in total. The summed E-state index contributed by atoms with van der Waals surface area (Å²) < 4.78 is 0. The van der Waals surface area contributed by atoms with Crippen molar-refractivity contribution in [2.24, 2.45) is 17.8 Å². The molecule has 0 unspecified atom stereocenters. The quantitative estimate of drug-likeness (QED) is 0.751. The van der Waals surface area contributed by atoms with E-state index in [0.717, 1.165) is 0 Å². The highest BCUT2D eigenvalue weighted by Crippen LogP contribution is 2.42. The van der Waals surface area contributed by atoms with Gasteiger partial charge in [0.05, 0.1) is 11.8 Å². The van der Waals surface area contributed by atoms with Crippen LogP contribution < -0.4 is 0 Å². The molecule has 0 bridgehead atoms. The number of rotatable bonds is 2. The molecule has 1 rings (SSSR count). The lowest BCUT2D eigenvalue weighted by Crippen LogP contribution is -2.46. The Bertz CT molecular complexity index is 281. The Morgan fingerprint density at radius 2 is 1.73 bits per heavy atom. The first kappa shape index (κ1) is 13.0. The van der Waals surface area contributed by atoms with Gasteiger partial charge in [0.1, 0.15) is 0 Å². The second kappa shape index (κ2) is 4.82. The largest absolute Gasteiger partial charge is 0.481 e. The van der Waals surface area contributed by atoms with E-state index in [2.05, 4.69) is 31.9 Å². The van der Waals surface area contributed by atoms with Gasteiger partial charge in [-0.2, -0.15) is 0 Å². The lowest BCUT2D eigenvalue weighted by atomic mass is 9.72. The summed E-state index contributed by atoms with van der Waals surface area (Å²) in [6.45, 7) is 1.77. The molecule has 0 radical (unpaired) electrons. The number of carboxylic acid groups (broad SMARTS) is 2. The average Bonchev–Trinajstić information content (AvgIpc) is 2.12. The second-order valence-corrected chi connectivity index (χ2v) is 6.10. The maximum atomic E-state index is 11.0. The van der Waals surface area contributed by atoms with Crippen LogP contribution in [0.15, 0.2) is 0 Å². The van der Waals surface area contributed by atoms with E-state index in [9.17, 15) is 9.59 Å². The third-order valence-electron chi connectivity index (χ3n) is 2.93. The highest BCUT2D eigenvalue weighted by molar-refractivity contribution is 9.12. The van der Waals surface area contributed by atoms with E-state index in [0.29, 0.717) is 6.42 Å². The van der Waals surface area contributed by atoms with Crippen molar-refractivity contribution in [2.75, 3.05) is 0 Å². The molecule has 0 amide bonds. The van der Waals surface area contributed by atoms with Crippen LogP contribution >= 0.6 is 31.9 Å². The third-order valence-corrected chi connectivity index (χ3v) is 6.05. The van der Waals surface area contributed by atoms with Crippen molar-refractivity contribution in [3.8, 4) is 0 Å². The van der Waals surface area contributed by atoms with Crippen molar-refractivity contribution in [1.82, 2.24) is 0 Å². The zero-order chi connectivity index (χ0) is 11.7. The summed E-state index contributed by atoms with van der Waals surface area (Å²) in [5.41, 5.74) is 0. The van der Waals surface area contributed by atoms with Gasteiger partial charge in [-0.05, 0) is 12.3 Å². The zero-order valence-electron chi connectivity index (χ0n) is 8.06. The molecule has 0 aromatic carbocycles. The minimum Gasteiger partial charge on any atom is -0.481 e. The van der Waals surface area contributed by atoms with E-state index in [-0.39, 0.29) is 15.6 Å². The number of carboxylic acids is 2. The molecule has 15 heavy (non-hydrogen) atoms. The molecule has 1 aliphatic carbocycles. The maximum absolute atomic E-state index is 11.0. The lowest BCUT2D eigenvalue weighted by Gasteiger charge is -2.38. The fourth-order valence-corrected chi connectivity index (χ4v) is 3.49. The predicted molar refractivity (Wildman–Crippen MR) is 61.5 cm³/mol. The molecule has 0 aromatic rings. The van der Waals surface area contributed by atoms with Crippen LogP contribution in [-0.2, 0) is 9.59 Å². The Labute approximate surface area is 104 Å². The Hall–Kier alpha value is -0.100. The Balaban J connectivity index is 2.96. The molecule has 0 aliphatic heterocycles. The average molecular weight is 344 g/mol. The molecule has 1 saturated carbocycles. The van der Waals surface area contributed by atoms with Crippen LogP contribution in [0.3, 0.4) is 0 Å². The zero-order valence-corrected chi connectivity index (χ0v) is 11.2. The predicted octanol–water partition coefficient (Wildman–Crippen LogP) is 1.95. The second-order valence-electron chi connectivity index (χ2n) is 3.86. The van der Waals surface area contributed by atoms with Gasteiger partial charge in [-0.3, -0.25) is 9.59 Å². The fourth-order valence-electron chi connectivity index (χ4n) is 2.06. The van der Waals surface area contributed by atoms with Crippen LogP contribution in [0, 0.1) is 17.8 Å². The van der Waals surface area contributed by atoms with Gasteiger partial charge in [-0.15, -0.1) is 0 Å². The Morgan fingerprint density at radius 3 is 2.13 bits per heavy atom. The monoisotopic (exact) mass is 342 g/mol. The van der Waals surface area contributed by atoms with Crippen molar-refractivity contribution in [3.63, 3.8) is 0 Å². The van der Waals surface area contributed by atoms with Crippen LogP contribution in [0.1, 0.15) is 13.3 Å². The molecular weight excluding hydrogens is 332 g/mol. The number of halogens is 2. The number of carbonyl (C=O) groups is 2. The molecule has 5 atom stereocenters. The van der Waals surface area contributed by atoms with Crippen LogP contribution in [0.25, 0.3) is 0 Å². The van der Waals surface area contributed by atoms with Gasteiger partial charge in [-0.25, -0.2) is 0 Å². The van der Waals surface area contributed by atoms with E-state index >= 15 is 0 Å². The number of hydrogen-bond donors (Lipinski definition) is 2. The van der Waals surface area contributed by atoms with Gasteiger partial charge < -0.3 is 10.2 Å². The lowest BCUT2D eigenvalue weighted by molar-refractivity contribution is -0.157. The molecule has 86 valence electrons. The standard InChI is InChI=1S/C9H12Br2O4/c1-3-6(9(14)15)4(8(12)13)2-5(10)7(3)11/h3-7H,2H2,1H3,(H,12,13)(H,14,15)/t3-,4+,5-,6-,7+/m0/s1. The minimum atomic E-state index is -1.03. The van der Waals surface area contributed by atoms with E-state index in [1.807, 2.05) is 0 Å². The molecule has 0 spiro atoms. The SMILES string of the molecule is C[C@@H]1[C@@H](Br)[C@@H](Br)C[C@@H](C(=O)O)[C@H]1C(=O)O. The normalized spacial score (nSPS) is 41.1. The molecule has 6 heteroatoms. The summed E-state index contributed by atoms with van der Waals surface area (Å²) in [4.78, 5) is 22.0. The summed E-state index contributed by atoms with van der Waals surface area (Å²) in [5, 5.41) is 18.0. The summed E-state index contributed by atoms with van der Waals surface area (Å²) in [5.74, 6) is -3.89. The summed E-state index contributed by atoms with van der Waals surface area (Å²) in [7, 11) is 0. The fraction of sp³-hybridized carbons (Fsp3) is 0.778. The van der Waals surface area contributed by atoms with Crippen molar-refractivity contribution < 1.29 is 19.8 Å². The highest BCUT2D eigenvalue weighted by Gasteiger charge is 2.47. The smallest absolute Gasteiger partial charge is 0.307 e. The van der Waals surface area contributed by atoms with Crippen LogP contribution in [0.5, 0.6) is 0 Å². The summed E-state index contributed by atoms with van der Waals surface area (Å²) in [6, 6.07) is 0. The van der Waals surface area contributed by atoms with E-state index < -0.39 is 23.8 Å². The van der Waals surface area contributed by atoms with Gasteiger partial charge in [0, 0.05) is 9.65 Å². The number of aliphatic carboxylic acids is 2. The van der Waals surface area contributed by atoms with Gasteiger partial charge >= 0.3 is 11.9 Å². The van der Waals surface area contributed by atoms with E-state index in [4.69, 9.17) is 10.2 Å². The molecular formula is C9H12Br2O4. The van der Waals surface area contributed by atoms with Crippen LogP contribution in [0.2, 0.25) is 0 Å². The molecule has 0 saturated heterocycles. The minimum absolute atomic E-state index is 0.00389. The van der Waals surface area contributed by atoms with Crippen molar-refractivity contribution in [3.05, 3.63) is 0 Å². The maximum Gasteiger partial charge on any atom is 0.307 e. The first-order valence-electron chi connectivity index (χ1n) is 4.60.